The molecule has 1 radical (unpaired) electrons. The van der Waals surface area contributed by atoms with Crippen LogP contribution in [0.15, 0.2) is 0 Å². The van der Waals surface area contributed by atoms with Gasteiger partial charge in [-0.05, 0) is 6.42 Å². The first-order valence-electron chi connectivity index (χ1n) is 3.49. The molecular formula is C7H14AgO2. The number of aliphatic carboxylic acids is 1. The molecule has 1 N–H and O–H groups in total. The number of rotatable bonds is 5. The van der Waals surface area contributed by atoms with Crippen LogP contribution in [0.4, 0.5) is 0 Å². The largest absolute Gasteiger partial charge is 0.481 e. The van der Waals surface area contributed by atoms with Gasteiger partial charge in [0.15, 0.2) is 0 Å². The van der Waals surface area contributed by atoms with E-state index in [-0.39, 0.29) is 22.4 Å². The molecule has 3 heteroatoms. The van der Waals surface area contributed by atoms with Crippen LogP contribution in [0.2, 0.25) is 0 Å². The summed E-state index contributed by atoms with van der Waals surface area (Å²) in [4.78, 5) is 9.96. The molecule has 0 saturated carbocycles. The van der Waals surface area contributed by atoms with Gasteiger partial charge in [-0.25, -0.2) is 0 Å². The summed E-state index contributed by atoms with van der Waals surface area (Å²) >= 11 is 0. The van der Waals surface area contributed by atoms with Gasteiger partial charge < -0.3 is 5.11 Å². The van der Waals surface area contributed by atoms with E-state index in [1.807, 2.05) is 0 Å². The Morgan fingerprint density at radius 1 is 1.30 bits per heavy atom. The average molecular weight is 238 g/mol. The van der Waals surface area contributed by atoms with Crippen LogP contribution in [0.3, 0.4) is 0 Å². The van der Waals surface area contributed by atoms with Gasteiger partial charge in [0.1, 0.15) is 0 Å². The summed E-state index contributed by atoms with van der Waals surface area (Å²) in [6.45, 7) is 2.11. The van der Waals surface area contributed by atoms with Gasteiger partial charge in [0.05, 0.1) is 0 Å². The summed E-state index contributed by atoms with van der Waals surface area (Å²) < 4.78 is 0. The Kier molecular flexibility index (Phi) is 11.8. The fourth-order valence-electron chi connectivity index (χ4n) is 0.703. The Morgan fingerprint density at radius 3 is 2.30 bits per heavy atom. The first-order chi connectivity index (χ1) is 4.27. The van der Waals surface area contributed by atoms with Gasteiger partial charge in [0, 0.05) is 28.8 Å². The summed E-state index contributed by atoms with van der Waals surface area (Å²) in [6, 6.07) is 0. The summed E-state index contributed by atoms with van der Waals surface area (Å²) in [7, 11) is 0. The minimum atomic E-state index is -0.675. The Morgan fingerprint density at radius 2 is 1.90 bits per heavy atom. The van der Waals surface area contributed by atoms with E-state index in [1.165, 1.54) is 6.42 Å². The molecule has 0 aliphatic rings. The van der Waals surface area contributed by atoms with Crippen molar-refractivity contribution in [2.24, 2.45) is 0 Å². The molecule has 0 spiro atoms. The standard InChI is InChI=1S/C7H14O2.Ag/c1-2-3-4-5-6-7(8)9;/h2-6H2,1H3,(H,8,9);. The monoisotopic (exact) mass is 237 g/mol. The number of unbranched alkanes of at least 4 members (excludes halogenated alkanes) is 3. The molecule has 0 amide bonds. The van der Waals surface area contributed by atoms with Crippen molar-refractivity contribution in [3.8, 4) is 0 Å². The predicted octanol–water partition coefficient (Wildman–Crippen LogP) is 2.04. The third kappa shape index (κ3) is 11.1. The van der Waals surface area contributed by atoms with Crippen LogP contribution in [0.1, 0.15) is 39.0 Å². The quantitative estimate of drug-likeness (QED) is 0.587. The molecule has 0 rings (SSSR count). The molecule has 0 bridgehead atoms. The van der Waals surface area contributed by atoms with Crippen molar-refractivity contribution in [2.75, 3.05) is 0 Å². The molecule has 65 valence electrons. The Labute approximate surface area is 77.5 Å². The van der Waals surface area contributed by atoms with Gasteiger partial charge in [-0.3, -0.25) is 4.79 Å². The van der Waals surface area contributed by atoms with Gasteiger partial charge >= 0.3 is 5.97 Å². The maximum Gasteiger partial charge on any atom is 0.303 e. The van der Waals surface area contributed by atoms with Gasteiger partial charge in [0.25, 0.3) is 0 Å². The number of carboxylic acids is 1. The minimum Gasteiger partial charge on any atom is -0.481 e. The van der Waals surface area contributed by atoms with E-state index in [9.17, 15) is 4.79 Å². The zero-order chi connectivity index (χ0) is 7.11. The van der Waals surface area contributed by atoms with Gasteiger partial charge in [-0.15, -0.1) is 0 Å². The van der Waals surface area contributed by atoms with Crippen molar-refractivity contribution < 1.29 is 32.3 Å². The van der Waals surface area contributed by atoms with Crippen molar-refractivity contribution in [1.82, 2.24) is 0 Å². The fourth-order valence-corrected chi connectivity index (χ4v) is 0.703. The molecule has 10 heavy (non-hydrogen) atoms. The Hall–Kier alpha value is 0.210. The Balaban J connectivity index is 0. The molecule has 0 heterocycles. The van der Waals surface area contributed by atoms with Crippen LogP contribution in [0, 0.1) is 0 Å². The number of hydrogen-bond donors (Lipinski definition) is 1. The van der Waals surface area contributed by atoms with Crippen LogP contribution in [0.5, 0.6) is 0 Å². The summed E-state index contributed by atoms with van der Waals surface area (Å²) in [5.41, 5.74) is 0. The number of carbonyl (C=O) groups is 1. The SMILES string of the molecule is CCCCCCC(=O)O.[Ag]. The zero-order valence-electron chi connectivity index (χ0n) is 6.19. The van der Waals surface area contributed by atoms with E-state index in [1.54, 1.807) is 0 Å². The topological polar surface area (TPSA) is 37.3 Å². The third-order valence-electron chi connectivity index (χ3n) is 1.24. The van der Waals surface area contributed by atoms with Crippen LogP contribution >= 0.6 is 0 Å². The van der Waals surface area contributed by atoms with E-state index in [0.29, 0.717) is 6.42 Å². The van der Waals surface area contributed by atoms with Crippen LogP contribution in [0.25, 0.3) is 0 Å². The van der Waals surface area contributed by atoms with Gasteiger partial charge in [-0.1, -0.05) is 26.2 Å². The normalized spacial score (nSPS) is 8.50. The van der Waals surface area contributed by atoms with Crippen molar-refractivity contribution in [1.29, 1.82) is 0 Å². The van der Waals surface area contributed by atoms with Gasteiger partial charge in [-0.2, -0.15) is 0 Å². The Bertz CT molecular complexity index is 83.7. The van der Waals surface area contributed by atoms with E-state index < -0.39 is 5.97 Å². The average Bonchev–Trinajstić information content (AvgIpc) is 1.80. The molecule has 0 saturated heterocycles. The van der Waals surface area contributed by atoms with Crippen LogP contribution in [-0.4, -0.2) is 11.1 Å². The van der Waals surface area contributed by atoms with Crippen molar-refractivity contribution in [2.45, 2.75) is 39.0 Å². The maximum atomic E-state index is 9.96. The maximum absolute atomic E-state index is 9.96. The fraction of sp³-hybridized carbons (Fsp3) is 0.857. The first kappa shape index (κ1) is 12.8. The van der Waals surface area contributed by atoms with E-state index in [0.717, 1.165) is 19.3 Å². The molecule has 0 fully saturated rings. The second-order valence-electron chi connectivity index (χ2n) is 2.20. The molecule has 0 aromatic heterocycles. The second kappa shape index (κ2) is 9.21. The third-order valence-corrected chi connectivity index (χ3v) is 1.24. The molecular weight excluding hydrogens is 224 g/mol. The smallest absolute Gasteiger partial charge is 0.303 e. The molecule has 2 nitrogen and oxygen atoms in total. The first-order valence-corrected chi connectivity index (χ1v) is 3.49. The molecule has 0 aliphatic heterocycles. The molecule has 0 aliphatic carbocycles. The van der Waals surface area contributed by atoms with Crippen molar-refractivity contribution in [3.05, 3.63) is 0 Å². The van der Waals surface area contributed by atoms with Gasteiger partial charge in [0.2, 0.25) is 0 Å². The molecule has 0 atom stereocenters. The van der Waals surface area contributed by atoms with Crippen LogP contribution < -0.4 is 0 Å². The summed E-state index contributed by atoms with van der Waals surface area (Å²) in [5.74, 6) is -0.675. The van der Waals surface area contributed by atoms with E-state index >= 15 is 0 Å². The van der Waals surface area contributed by atoms with E-state index in [2.05, 4.69) is 6.92 Å². The van der Waals surface area contributed by atoms with Crippen molar-refractivity contribution in [3.63, 3.8) is 0 Å². The summed E-state index contributed by atoms with van der Waals surface area (Å²) in [6.07, 6.45) is 4.55. The molecule has 0 unspecified atom stereocenters. The minimum absolute atomic E-state index is 0. The van der Waals surface area contributed by atoms with E-state index in [4.69, 9.17) is 5.11 Å². The predicted molar refractivity (Wildman–Crippen MR) is 36.4 cm³/mol. The van der Waals surface area contributed by atoms with Crippen molar-refractivity contribution >= 4 is 5.97 Å². The zero-order valence-corrected chi connectivity index (χ0v) is 7.67. The summed E-state index contributed by atoms with van der Waals surface area (Å²) in [5, 5.41) is 8.21. The second-order valence-corrected chi connectivity index (χ2v) is 2.20. The molecule has 0 aromatic carbocycles. The number of carboxylic acid groups (broad SMARTS) is 1. The molecule has 0 aromatic rings. The van der Waals surface area contributed by atoms with Crippen LogP contribution in [-0.2, 0) is 27.2 Å². The number of hydrogen-bond acceptors (Lipinski definition) is 1.